The number of fused-ring (bicyclic) bond motifs is 1. The van der Waals surface area contributed by atoms with Crippen LogP contribution in [0.4, 0.5) is 0 Å². The van der Waals surface area contributed by atoms with E-state index in [2.05, 4.69) is 45.0 Å². The second-order valence-corrected chi connectivity index (χ2v) is 4.24. The molecule has 0 aromatic heterocycles. The van der Waals surface area contributed by atoms with Crippen molar-refractivity contribution in [2.24, 2.45) is 0 Å². The van der Waals surface area contributed by atoms with E-state index in [1.165, 1.54) is 22.3 Å². The van der Waals surface area contributed by atoms with E-state index in [0.29, 0.717) is 5.92 Å². The highest BCUT2D eigenvalue weighted by atomic mass is 14.2. The summed E-state index contributed by atoms with van der Waals surface area (Å²) in [5.41, 5.74) is 5.97. The topological polar surface area (TPSA) is 0 Å². The van der Waals surface area contributed by atoms with Crippen LogP contribution in [-0.2, 0) is 6.42 Å². The van der Waals surface area contributed by atoms with Gasteiger partial charge in [0.15, 0.2) is 0 Å². The third kappa shape index (κ3) is 1.41. The van der Waals surface area contributed by atoms with Crippen LogP contribution in [-0.4, -0.2) is 0 Å². The first kappa shape index (κ1) is 8.55. The van der Waals surface area contributed by atoms with E-state index in [9.17, 15) is 0 Å². The van der Waals surface area contributed by atoms with E-state index in [-0.39, 0.29) is 0 Å². The number of rotatable bonds is 1. The molecule has 0 amide bonds. The Morgan fingerprint density at radius 3 is 2.69 bits per heavy atom. The van der Waals surface area contributed by atoms with Gasteiger partial charge in [-0.05, 0) is 36.0 Å². The summed E-state index contributed by atoms with van der Waals surface area (Å²) in [7, 11) is 0. The SMILES string of the molecule is CC1=Cc2c(cccc2C(C)C)C1. The lowest BCUT2D eigenvalue weighted by molar-refractivity contribution is 0.862. The first-order valence-corrected chi connectivity index (χ1v) is 4.97. The molecule has 13 heavy (non-hydrogen) atoms. The third-order valence-electron chi connectivity index (χ3n) is 2.71. The summed E-state index contributed by atoms with van der Waals surface area (Å²) < 4.78 is 0. The summed E-state index contributed by atoms with van der Waals surface area (Å²) in [6.45, 7) is 6.73. The molecule has 0 heterocycles. The average Bonchev–Trinajstić information content (AvgIpc) is 2.43. The Morgan fingerprint density at radius 1 is 1.23 bits per heavy atom. The minimum atomic E-state index is 0.636. The highest BCUT2D eigenvalue weighted by molar-refractivity contribution is 5.66. The van der Waals surface area contributed by atoms with Crippen molar-refractivity contribution in [3.05, 3.63) is 40.5 Å². The summed E-state index contributed by atoms with van der Waals surface area (Å²) in [4.78, 5) is 0. The summed E-state index contributed by atoms with van der Waals surface area (Å²) in [5, 5.41) is 0. The number of benzene rings is 1. The predicted octanol–water partition coefficient (Wildman–Crippen LogP) is 3.77. The van der Waals surface area contributed by atoms with Gasteiger partial charge < -0.3 is 0 Å². The van der Waals surface area contributed by atoms with Gasteiger partial charge in [-0.1, -0.05) is 43.7 Å². The molecule has 0 radical (unpaired) electrons. The fraction of sp³-hybridized carbons (Fsp3) is 0.385. The quantitative estimate of drug-likeness (QED) is 0.605. The molecule has 1 aliphatic rings. The summed E-state index contributed by atoms with van der Waals surface area (Å²) >= 11 is 0. The van der Waals surface area contributed by atoms with Gasteiger partial charge >= 0.3 is 0 Å². The lowest BCUT2D eigenvalue weighted by atomic mass is 9.95. The number of allylic oxidation sites excluding steroid dienone is 1. The molecular weight excluding hydrogens is 156 g/mol. The standard InChI is InChI=1S/C13H16/c1-9(2)12-6-4-5-11-7-10(3)8-13(11)12/h4-6,8-9H,7H2,1-3H3. The first-order valence-electron chi connectivity index (χ1n) is 4.97. The lowest BCUT2D eigenvalue weighted by Crippen LogP contribution is -1.93. The van der Waals surface area contributed by atoms with Crippen LogP contribution < -0.4 is 0 Å². The highest BCUT2D eigenvalue weighted by Gasteiger charge is 2.14. The van der Waals surface area contributed by atoms with Crippen molar-refractivity contribution in [2.45, 2.75) is 33.1 Å². The molecule has 0 nitrogen and oxygen atoms in total. The van der Waals surface area contributed by atoms with Crippen LogP contribution in [0.25, 0.3) is 6.08 Å². The van der Waals surface area contributed by atoms with Gasteiger partial charge in [0.05, 0.1) is 0 Å². The molecule has 0 saturated heterocycles. The van der Waals surface area contributed by atoms with Crippen LogP contribution in [0.3, 0.4) is 0 Å². The molecule has 1 aromatic carbocycles. The van der Waals surface area contributed by atoms with Crippen LogP contribution in [0.1, 0.15) is 43.4 Å². The normalized spacial score (nSPS) is 14.6. The molecular formula is C13H16. The molecule has 0 heteroatoms. The highest BCUT2D eigenvalue weighted by Crippen LogP contribution is 2.31. The molecule has 0 aliphatic heterocycles. The fourth-order valence-electron chi connectivity index (χ4n) is 2.06. The van der Waals surface area contributed by atoms with Crippen molar-refractivity contribution in [3.8, 4) is 0 Å². The zero-order chi connectivity index (χ0) is 9.42. The van der Waals surface area contributed by atoms with Gasteiger partial charge in [-0.15, -0.1) is 0 Å². The van der Waals surface area contributed by atoms with Gasteiger partial charge in [0, 0.05) is 0 Å². The molecule has 0 spiro atoms. The van der Waals surface area contributed by atoms with Gasteiger partial charge in [0.25, 0.3) is 0 Å². The zero-order valence-corrected chi connectivity index (χ0v) is 8.59. The predicted molar refractivity (Wildman–Crippen MR) is 57.9 cm³/mol. The van der Waals surface area contributed by atoms with Crippen molar-refractivity contribution >= 4 is 6.08 Å². The Hall–Kier alpha value is -1.04. The van der Waals surface area contributed by atoms with Crippen LogP contribution >= 0.6 is 0 Å². The van der Waals surface area contributed by atoms with Crippen LogP contribution in [0, 0.1) is 0 Å². The Kier molecular flexibility index (Phi) is 1.99. The molecule has 0 N–H and O–H groups in total. The van der Waals surface area contributed by atoms with E-state index >= 15 is 0 Å². The monoisotopic (exact) mass is 172 g/mol. The minimum Gasteiger partial charge on any atom is -0.0683 e. The maximum Gasteiger partial charge on any atom is -0.00605 e. The second kappa shape index (κ2) is 3.02. The molecule has 68 valence electrons. The van der Waals surface area contributed by atoms with Gasteiger partial charge in [-0.25, -0.2) is 0 Å². The van der Waals surface area contributed by atoms with E-state index in [1.54, 1.807) is 0 Å². The maximum absolute atomic E-state index is 2.34. The Morgan fingerprint density at radius 2 is 2.00 bits per heavy atom. The van der Waals surface area contributed by atoms with Gasteiger partial charge in [-0.2, -0.15) is 0 Å². The van der Waals surface area contributed by atoms with Crippen LogP contribution in [0.2, 0.25) is 0 Å². The van der Waals surface area contributed by atoms with Crippen molar-refractivity contribution in [2.75, 3.05) is 0 Å². The first-order chi connectivity index (χ1) is 6.18. The van der Waals surface area contributed by atoms with E-state index in [0.717, 1.165) is 6.42 Å². The second-order valence-electron chi connectivity index (χ2n) is 4.24. The molecule has 0 saturated carbocycles. The molecule has 0 unspecified atom stereocenters. The van der Waals surface area contributed by atoms with Crippen molar-refractivity contribution in [1.82, 2.24) is 0 Å². The van der Waals surface area contributed by atoms with Crippen LogP contribution in [0.15, 0.2) is 23.8 Å². The van der Waals surface area contributed by atoms with Crippen LogP contribution in [0.5, 0.6) is 0 Å². The minimum absolute atomic E-state index is 0.636. The fourth-order valence-corrected chi connectivity index (χ4v) is 2.06. The van der Waals surface area contributed by atoms with E-state index in [4.69, 9.17) is 0 Å². The third-order valence-corrected chi connectivity index (χ3v) is 2.71. The molecule has 1 aliphatic carbocycles. The van der Waals surface area contributed by atoms with Gasteiger partial charge in [0.2, 0.25) is 0 Å². The molecule has 0 fully saturated rings. The Labute approximate surface area is 80.3 Å². The molecule has 0 atom stereocenters. The smallest absolute Gasteiger partial charge is 0.00605 e. The van der Waals surface area contributed by atoms with Gasteiger partial charge in [0.1, 0.15) is 0 Å². The molecule has 1 aromatic rings. The molecule has 2 rings (SSSR count). The van der Waals surface area contributed by atoms with E-state index < -0.39 is 0 Å². The number of hydrogen-bond acceptors (Lipinski definition) is 0. The maximum atomic E-state index is 2.34. The summed E-state index contributed by atoms with van der Waals surface area (Å²) in [6, 6.07) is 6.67. The Balaban J connectivity index is 2.55. The summed E-state index contributed by atoms with van der Waals surface area (Å²) in [5.74, 6) is 0.636. The van der Waals surface area contributed by atoms with Gasteiger partial charge in [-0.3, -0.25) is 0 Å². The number of hydrogen-bond donors (Lipinski definition) is 0. The van der Waals surface area contributed by atoms with Crippen molar-refractivity contribution in [3.63, 3.8) is 0 Å². The van der Waals surface area contributed by atoms with Crippen molar-refractivity contribution < 1.29 is 0 Å². The zero-order valence-electron chi connectivity index (χ0n) is 8.59. The average molecular weight is 172 g/mol. The largest absolute Gasteiger partial charge is 0.0683 e. The molecule has 0 bridgehead atoms. The summed E-state index contributed by atoms with van der Waals surface area (Å²) in [6.07, 6.45) is 3.49. The Bertz CT molecular complexity index is 356. The lowest BCUT2D eigenvalue weighted by Gasteiger charge is -2.10. The van der Waals surface area contributed by atoms with E-state index in [1.807, 2.05) is 0 Å². The van der Waals surface area contributed by atoms with Crippen molar-refractivity contribution in [1.29, 1.82) is 0 Å².